The zero-order valence-electron chi connectivity index (χ0n) is 17.5. The molecule has 162 valence electrons. The van der Waals surface area contributed by atoms with Crippen molar-refractivity contribution in [2.24, 2.45) is 0 Å². The molecule has 0 atom stereocenters. The van der Waals surface area contributed by atoms with E-state index in [9.17, 15) is 12.8 Å². The van der Waals surface area contributed by atoms with E-state index in [0.717, 1.165) is 51.9 Å². The molecule has 0 amide bonds. The SMILES string of the molecule is CCS(=O)(=O)Nc1ccc2c(c1)N(C1CCN(CCc3ccc(F)cc3)CC1)CC2. The summed E-state index contributed by atoms with van der Waals surface area (Å²) in [5.41, 5.74) is 4.30. The number of nitrogens with one attached hydrogen (secondary N) is 1. The van der Waals surface area contributed by atoms with Crippen molar-refractivity contribution in [3.63, 3.8) is 0 Å². The first-order valence-corrected chi connectivity index (χ1v) is 12.5. The van der Waals surface area contributed by atoms with E-state index in [1.807, 2.05) is 24.3 Å². The molecule has 30 heavy (non-hydrogen) atoms. The Morgan fingerprint density at radius 3 is 2.50 bits per heavy atom. The summed E-state index contributed by atoms with van der Waals surface area (Å²) in [7, 11) is -3.27. The molecule has 2 aliphatic rings. The standard InChI is InChI=1S/C23H30FN3O2S/c1-2-30(28,29)25-21-8-5-19-10-16-27(23(19)17-21)22-11-14-26(15-12-22)13-9-18-3-6-20(24)7-4-18/h3-8,17,22,25H,2,9-16H2,1H3. The van der Waals surface area contributed by atoms with Gasteiger partial charge in [-0.2, -0.15) is 0 Å². The van der Waals surface area contributed by atoms with Crippen LogP contribution in [-0.2, 0) is 22.9 Å². The molecule has 5 nitrogen and oxygen atoms in total. The lowest BCUT2D eigenvalue weighted by molar-refractivity contribution is 0.212. The topological polar surface area (TPSA) is 52.7 Å². The zero-order chi connectivity index (χ0) is 21.1. The Labute approximate surface area is 178 Å². The van der Waals surface area contributed by atoms with E-state index in [0.29, 0.717) is 11.7 Å². The number of rotatable bonds is 7. The van der Waals surface area contributed by atoms with E-state index in [2.05, 4.69) is 20.6 Å². The first-order chi connectivity index (χ1) is 14.4. The molecule has 2 aromatic carbocycles. The number of piperidine rings is 1. The van der Waals surface area contributed by atoms with Gasteiger partial charge in [0.2, 0.25) is 10.0 Å². The Kier molecular flexibility index (Phi) is 6.29. The van der Waals surface area contributed by atoms with Gasteiger partial charge in [0.15, 0.2) is 0 Å². The largest absolute Gasteiger partial charge is 0.368 e. The molecular formula is C23H30FN3O2S. The maximum atomic E-state index is 13.1. The summed E-state index contributed by atoms with van der Waals surface area (Å²) in [4.78, 5) is 4.96. The van der Waals surface area contributed by atoms with Crippen molar-refractivity contribution in [1.29, 1.82) is 0 Å². The fourth-order valence-corrected chi connectivity index (χ4v) is 5.12. The first-order valence-electron chi connectivity index (χ1n) is 10.8. The van der Waals surface area contributed by atoms with Gasteiger partial charge >= 0.3 is 0 Å². The number of benzene rings is 2. The molecule has 0 radical (unpaired) electrons. The van der Waals surface area contributed by atoms with Crippen molar-refractivity contribution in [1.82, 2.24) is 4.90 Å². The van der Waals surface area contributed by atoms with Crippen molar-refractivity contribution in [2.45, 2.75) is 38.6 Å². The molecule has 1 saturated heterocycles. The summed E-state index contributed by atoms with van der Waals surface area (Å²) in [5, 5.41) is 0. The van der Waals surface area contributed by atoms with Gasteiger partial charge in [0.05, 0.1) is 11.4 Å². The van der Waals surface area contributed by atoms with Crippen molar-refractivity contribution < 1.29 is 12.8 Å². The Morgan fingerprint density at radius 2 is 1.80 bits per heavy atom. The van der Waals surface area contributed by atoms with Crippen LogP contribution >= 0.6 is 0 Å². The van der Waals surface area contributed by atoms with Crippen LogP contribution in [0, 0.1) is 5.82 Å². The smallest absolute Gasteiger partial charge is 0.232 e. The van der Waals surface area contributed by atoms with E-state index in [1.165, 1.54) is 28.9 Å². The summed E-state index contributed by atoms with van der Waals surface area (Å²) >= 11 is 0. The van der Waals surface area contributed by atoms with E-state index in [4.69, 9.17) is 0 Å². The highest BCUT2D eigenvalue weighted by Crippen LogP contribution is 2.35. The minimum absolute atomic E-state index is 0.0736. The highest BCUT2D eigenvalue weighted by Gasteiger charge is 2.29. The predicted molar refractivity (Wildman–Crippen MR) is 120 cm³/mol. The molecule has 7 heteroatoms. The van der Waals surface area contributed by atoms with Gasteiger partial charge in [-0.05, 0) is 68.0 Å². The molecule has 0 unspecified atom stereocenters. The number of hydrogen-bond acceptors (Lipinski definition) is 4. The van der Waals surface area contributed by atoms with Crippen molar-refractivity contribution in [3.8, 4) is 0 Å². The van der Waals surface area contributed by atoms with Crippen LogP contribution in [0.15, 0.2) is 42.5 Å². The summed E-state index contributed by atoms with van der Waals surface area (Å²) in [6.07, 6.45) is 4.17. The van der Waals surface area contributed by atoms with Gasteiger partial charge < -0.3 is 9.80 Å². The van der Waals surface area contributed by atoms with Crippen molar-refractivity contribution >= 4 is 21.4 Å². The van der Waals surface area contributed by atoms with Crippen LogP contribution < -0.4 is 9.62 Å². The number of halogens is 1. The van der Waals surface area contributed by atoms with Gasteiger partial charge in [0, 0.05) is 37.9 Å². The quantitative estimate of drug-likeness (QED) is 0.727. The van der Waals surface area contributed by atoms with Gasteiger partial charge in [-0.1, -0.05) is 18.2 Å². The third-order valence-electron chi connectivity index (χ3n) is 6.30. The third kappa shape index (κ3) is 4.95. The molecule has 2 aromatic rings. The molecule has 0 aromatic heterocycles. The first kappa shape index (κ1) is 21.1. The van der Waals surface area contributed by atoms with E-state index in [-0.39, 0.29) is 11.6 Å². The number of sulfonamides is 1. The van der Waals surface area contributed by atoms with Crippen LogP contribution in [0.2, 0.25) is 0 Å². The third-order valence-corrected chi connectivity index (χ3v) is 7.60. The minimum atomic E-state index is -3.27. The van der Waals surface area contributed by atoms with Crippen molar-refractivity contribution in [2.75, 3.05) is 41.6 Å². The second-order valence-electron chi connectivity index (χ2n) is 8.24. The van der Waals surface area contributed by atoms with Crippen LogP contribution in [0.3, 0.4) is 0 Å². The Balaban J connectivity index is 1.34. The molecule has 4 rings (SSSR count). The average Bonchev–Trinajstić information content (AvgIpc) is 3.17. The Morgan fingerprint density at radius 1 is 1.07 bits per heavy atom. The summed E-state index contributed by atoms with van der Waals surface area (Å²) in [5.74, 6) is -0.111. The highest BCUT2D eigenvalue weighted by molar-refractivity contribution is 7.92. The second-order valence-corrected chi connectivity index (χ2v) is 10.3. The molecule has 0 saturated carbocycles. The van der Waals surface area contributed by atoms with Crippen LogP contribution in [0.4, 0.5) is 15.8 Å². The molecule has 1 fully saturated rings. The van der Waals surface area contributed by atoms with Crippen LogP contribution in [0.25, 0.3) is 0 Å². The number of nitrogens with zero attached hydrogens (tertiary/aromatic N) is 2. The van der Waals surface area contributed by atoms with Crippen molar-refractivity contribution in [3.05, 3.63) is 59.4 Å². The lowest BCUT2D eigenvalue weighted by Crippen LogP contribution is -2.45. The van der Waals surface area contributed by atoms with E-state index < -0.39 is 10.0 Å². The van der Waals surface area contributed by atoms with Gasteiger partial charge in [-0.3, -0.25) is 4.72 Å². The molecule has 1 N–H and O–H groups in total. The van der Waals surface area contributed by atoms with Crippen LogP contribution in [0.1, 0.15) is 30.9 Å². The maximum Gasteiger partial charge on any atom is 0.232 e. The number of anilines is 2. The highest BCUT2D eigenvalue weighted by atomic mass is 32.2. The Bertz CT molecular complexity index is 970. The maximum absolute atomic E-state index is 13.1. The molecule has 0 bridgehead atoms. The van der Waals surface area contributed by atoms with Gasteiger partial charge in [0.25, 0.3) is 0 Å². The lowest BCUT2D eigenvalue weighted by Gasteiger charge is -2.38. The monoisotopic (exact) mass is 431 g/mol. The number of hydrogen-bond donors (Lipinski definition) is 1. The van der Waals surface area contributed by atoms with E-state index in [1.54, 1.807) is 6.92 Å². The average molecular weight is 432 g/mol. The summed E-state index contributed by atoms with van der Waals surface area (Å²) in [6, 6.07) is 13.2. The number of likely N-dealkylation sites (tertiary alicyclic amines) is 1. The molecule has 0 aliphatic carbocycles. The zero-order valence-corrected chi connectivity index (χ0v) is 18.3. The van der Waals surface area contributed by atoms with Crippen LogP contribution in [-0.4, -0.2) is 51.3 Å². The Hall–Kier alpha value is -2.12. The second kappa shape index (κ2) is 8.94. The summed E-state index contributed by atoms with van der Waals surface area (Å²) in [6.45, 7) is 5.75. The minimum Gasteiger partial charge on any atom is -0.368 e. The van der Waals surface area contributed by atoms with E-state index >= 15 is 0 Å². The molecule has 2 heterocycles. The fourth-order valence-electron chi connectivity index (χ4n) is 4.49. The normalized spacial score (nSPS) is 17.9. The molecular weight excluding hydrogens is 401 g/mol. The van der Waals surface area contributed by atoms with Gasteiger partial charge in [0.1, 0.15) is 5.82 Å². The van der Waals surface area contributed by atoms with Gasteiger partial charge in [-0.25, -0.2) is 12.8 Å². The molecule has 2 aliphatic heterocycles. The molecule has 0 spiro atoms. The van der Waals surface area contributed by atoms with Crippen LogP contribution in [0.5, 0.6) is 0 Å². The fraction of sp³-hybridized carbons (Fsp3) is 0.478. The predicted octanol–water partition coefficient (Wildman–Crippen LogP) is 3.66. The number of fused-ring (bicyclic) bond motifs is 1. The summed E-state index contributed by atoms with van der Waals surface area (Å²) < 4.78 is 39.6. The van der Waals surface area contributed by atoms with Gasteiger partial charge in [-0.15, -0.1) is 0 Å². The lowest BCUT2D eigenvalue weighted by atomic mass is 10.0.